The summed E-state index contributed by atoms with van der Waals surface area (Å²) in [5.74, 6) is 0. The Kier molecular flexibility index (Phi) is 3.60. The maximum Gasteiger partial charge on any atom is 0.262 e. The van der Waals surface area contributed by atoms with Gasteiger partial charge < -0.3 is 0 Å². The van der Waals surface area contributed by atoms with Gasteiger partial charge in [-0.1, -0.05) is 13.3 Å². The van der Waals surface area contributed by atoms with Crippen LogP contribution in [0.25, 0.3) is 10.2 Å². The molecular formula is C13H15N5OS. The second-order valence-electron chi connectivity index (χ2n) is 4.64. The summed E-state index contributed by atoms with van der Waals surface area (Å²) in [6.07, 6.45) is 6.03. The standard InChI is InChI=1S/C13H15N5OS/c1-2-3-10-6-11-12(20-10)14-8-18(13(11)19)5-4-9-7-15-17-16-9/h6-8H,2-5H2,1H3,(H,15,16,17). The Bertz CT molecular complexity index is 759. The molecule has 1 N–H and O–H groups in total. The van der Waals surface area contributed by atoms with Crippen molar-refractivity contribution < 1.29 is 0 Å². The fraction of sp³-hybridized carbons (Fsp3) is 0.385. The highest BCUT2D eigenvalue weighted by molar-refractivity contribution is 7.18. The molecule has 3 rings (SSSR count). The molecule has 6 nitrogen and oxygen atoms in total. The van der Waals surface area contributed by atoms with Gasteiger partial charge in [-0.2, -0.15) is 15.4 Å². The fourth-order valence-electron chi connectivity index (χ4n) is 2.12. The van der Waals surface area contributed by atoms with E-state index in [1.165, 1.54) is 4.88 Å². The number of hydrogen-bond acceptors (Lipinski definition) is 5. The van der Waals surface area contributed by atoms with Crippen LogP contribution in [0.1, 0.15) is 23.9 Å². The lowest BCUT2D eigenvalue weighted by atomic mass is 10.2. The predicted molar refractivity (Wildman–Crippen MR) is 78.0 cm³/mol. The van der Waals surface area contributed by atoms with Crippen molar-refractivity contribution in [3.63, 3.8) is 0 Å². The van der Waals surface area contributed by atoms with E-state index in [1.807, 2.05) is 6.07 Å². The minimum Gasteiger partial charge on any atom is -0.298 e. The lowest BCUT2D eigenvalue weighted by Gasteiger charge is -2.02. The van der Waals surface area contributed by atoms with Gasteiger partial charge in [0.15, 0.2) is 0 Å². The van der Waals surface area contributed by atoms with E-state index in [0.29, 0.717) is 13.0 Å². The molecule has 0 bridgehead atoms. The first kappa shape index (κ1) is 13.0. The summed E-state index contributed by atoms with van der Waals surface area (Å²) in [6.45, 7) is 2.70. The van der Waals surface area contributed by atoms with Gasteiger partial charge in [-0.25, -0.2) is 4.98 Å². The molecule has 0 aliphatic carbocycles. The molecule has 0 amide bonds. The molecule has 0 fully saturated rings. The fourth-order valence-corrected chi connectivity index (χ4v) is 3.21. The van der Waals surface area contributed by atoms with E-state index in [9.17, 15) is 4.79 Å². The number of aromatic amines is 1. The van der Waals surface area contributed by atoms with Gasteiger partial charge in [0.2, 0.25) is 0 Å². The van der Waals surface area contributed by atoms with Gasteiger partial charge in [0.1, 0.15) is 4.83 Å². The molecule has 0 atom stereocenters. The first-order chi connectivity index (χ1) is 9.78. The highest BCUT2D eigenvalue weighted by Gasteiger charge is 2.09. The van der Waals surface area contributed by atoms with Crippen LogP contribution in [0.2, 0.25) is 0 Å². The van der Waals surface area contributed by atoms with Crippen molar-refractivity contribution in [2.75, 3.05) is 0 Å². The highest BCUT2D eigenvalue weighted by atomic mass is 32.1. The van der Waals surface area contributed by atoms with Crippen LogP contribution in [0.3, 0.4) is 0 Å². The number of aromatic nitrogens is 5. The maximum atomic E-state index is 12.4. The van der Waals surface area contributed by atoms with Gasteiger partial charge in [0.05, 0.1) is 23.6 Å². The normalized spacial score (nSPS) is 11.2. The largest absolute Gasteiger partial charge is 0.298 e. The first-order valence-corrected chi connectivity index (χ1v) is 7.42. The number of nitrogens with zero attached hydrogens (tertiary/aromatic N) is 4. The van der Waals surface area contributed by atoms with Crippen molar-refractivity contribution in [2.24, 2.45) is 0 Å². The second-order valence-corrected chi connectivity index (χ2v) is 5.75. The van der Waals surface area contributed by atoms with Crippen molar-refractivity contribution in [1.29, 1.82) is 0 Å². The van der Waals surface area contributed by atoms with Crippen molar-refractivity contribution in [2.45, 2.75) is 32.7 Å². The summed E-state index contributed by atoms with van der Waals surface area (Å²) in [7, 11) is 0. The van der Waals surface area contributed by atoms with Crippen molar-refractivity contribution in [3.8, 4) is 0 Å². The monoisotopic (exact) mass is 289 g/mol. The molecule has 20 heavy (non-hydrogen) atoms. The Morgan fingerprint density at radius 1 is 1.40 bits per heavy atom. The number of thiophene rings is 1. The smallest absolute Gasteiger partial charge is 0.262 e. The number of fused-ring (bicyclic) bond motifs is 1. The molecule has 3 heterocycles. The quantitative estimate of drug-likeness (QED) is 0.776. The van der Waals surface area contributed by atoms with E-state index < -0.39 is 0 Å². The van der Waals surface area contributed by atoms with Gasteiger partial charge in [-0.15, -0.1) is 11.3 Å². The van der Waals surface area contributed by atoms with Crippen molar-refractivity contribution in [3.05, 3.63) is 39.5 Å². The first-order valence-electron chi connectivity index (χ1n) is 6.60. The van der Waals surface area contributed by atoms with Gasteiger partial charge in [-0.3, -0.25) is 9.36 Å². The number of rotatable bonds is 5. The topological polar surface area (TPSA) is 76.5 Å². The van der Waals surface area contributed by atoms with E-state index >= 15 is 0 Å². The summed E-state index contributed by atoms with van der Waals surface area (Å²) < 4.78 is 1.64. The third-order valence-electron chi connectivity index (χ3n) is 3.14. The highest BCUT2D eigenvalue weighted by Crippen LogP contribution is 2.21. The van der Waals surface area contributed by atoms with Gasteiger partial charge >= 0.3 is 0 Å². The zero-order chi connectivity index (χ0) is 13.9. The molecule has 0 spiro atoms. The number of nitrogens with one attached hydrogen (secondary N) is 1. The molecule has 0 saturated carbocycles. The average Bonchev–Trinajstić information content (AvgIpc) is 3.07. The molecule has 0 aromatic carbocycles. The summed E-state index contributed by atoms with van der Waals surface area (Å²) in [5.41, 5.74) is 0.867. The van der Waals surface area contributed by atoms with E-state index in [0.717, 1.165) is 28.8 Å². The number of H-pyrrole nitrogens is 1. The molecule has 0 saturated heterocycles. The Morgan fingerprint density at radius 3 is 3.05 bits per heavy atom. The zero-order valence-electron chi connectivity index (χ0n) is 11.2. The minimum atomic E-state index is 0.0251. The predicted octanol–water partition coefficient (Wildman–Crippen LogP) is 1.77. The maximum absolute atomic E-state index is 12.4. The van der Waals surface area contributed by atoms with Crippen molar-refractivity contribution in [1.82, 2.24) is 25.0 Å². The van der Waals surface area contributed by atoms with Crippen molar-refractivity contribution >= 4 is 21.6 Å². The summed E-state index contributed by atoms with van der Waals surface area (Å²) in [4.78, 5) is 18.8. The van der Waals surface area contributed by atoms with Crippen LogP contribution in [-0.2, 0) is 19.4 Å². The molecule has 0 unspecified atom stereocenters. The van der Waals surface area contributed by atoms with Crippen LogP contribution in [-0.4, -0.2) is 25.0 Å². The van der Waals surface area contributed by atoms with Gasteiger partial charge in [-0.05, 0) is 12.5 Å². The van der Waals surface area contributed by atoms with E-state index in [1.54, 1.807) is 28.4 Å². The van der Waals surface area contributed by atoms with E-state index in [-0.39, 0.29) is 5.56 Å². The zero-order valence-corrected chi connectivity index (χ0v) is 12.0. The van der Waals surface area contributed by atoms with Crippen LogP contribution in [0.5, 0.6) is 0 Å². The molecule has 0 aliphatic heterocycles. The molecule has 0 aliphatic rings. The van der Waals surface area contributed by atoms with Gasteiger partial charge in [0.25, 0.3) is 5.56 Å². The molecule has 0 radical (unpaired) electrons. The summed E-state index contributed by atoms with van der Waals surface area (Å²) in [6, 6.07) is 1.98. The van der Waals surface area contributed by atoms with Crippen LogP contribution in [0.4, 0.5) is 0 Å². The summed E-state index contributed by atoms with van der Waals surface area (Å²) in [5, 5.41) is 11.0. The lowest BCUT2D eigenvalue weighted by molar-refractivity contribution is 0.653. The van der Waals surface area contributed by atoms with Crippen LogP contribution >= 0.6 is 11.3 Å². The molecule has 104 valence electrons. The number of hydrogen-bond donors (Lipinski definition) is 1. The molecule has 3 aromatic rings. The molecule has 3 aromatic heterocycles. The van der Waals surface area contributed by atoms with E-state index in [2.05, 4.69) is 27.3 Å². The third kappa shape index (κ3) is 2.49. The second kappa shape index (κ2) is 5.54. The Morgan fingerprint density at radius 2 is 2.30 bits per heavy atom. The lowest BCUT2D eigenvalue weighted by Crippen LogP contribution is -2.21. The Hall–Kier alpha value is -2.02. The van der Waals surface area contributed by atoms with Crippen LogP contribution < -0.4 is 5.56 Å². The van der Waals surface area contributed by atoms with Gasteiger partial charge in [0, 0.05) is 17.8 Å². The number of aryl methyl sites for hydroxylation is 3. The van der Waals surface area contributed by atoms with Crippen LogP contribution in [0.15, 0.2) is 23.4 Å². The van der Waals surface area contributed by atoms with Crippen LogP contribution in [0, 0.1) is 0 Å². The molecule has 7 heteroatoms. The molecular weight excluding hydrogens is 274 g/mol. The Labute approximate surface area is 119 Å². The SMILES string of the molecule is CCCc1cc2c(=O)n(CCc3cn[nH]n3)cnc2s1. The summed E-state index contributed by atoms with van der Waals surface area (Å²) >= 11 is 1.61. The Balaban J connectivity index is 1.88. The third-order valence-corrected chi connectivity index (χ3v) is 4.24. The average molecular weight is 289 g/mol. The minimum absolute atomic E-state index is 0.0251. The van der Waals surface area contributed by atoms with E-state index in [4.69, 9.17) is 0 Å².